The van der Waals surface area contributed by atoms with Gasteiger partial charge < -0.3 is 21.3 Å². The van der Waals surface area contributed by atoms with E-state index in [-0.39, 0.29) is 11.5 Å². The summed E-state index contributed by atoms with van der Waals surface area (Å²) in [7, 11) is 3.79. The van der Waals surface area contributed by atoms with Crippen LogP contribution in [-0.2, 0) is 4.79 Å². The minimum absolute atomic E-state index is 0.142. The number of anilines is 1. The minimum atomic E-state index is -0.409. The van der Waals surface area contributed by atoms with Crippen molar-refractivity contribution in [1.29, 1.82) is 0 Å². The molecule has 0 fully saturated rings. The van der Waals surface area contributed by atoms with Crippen molar-refractivity contribution >= 4 is 39.1 Å². The van der Waals surface area contributed by atoms with Crippen LogP contribution in [0.4, 0.5) is 5.69 Å². The van der Waals surface area contributed by atoms with Crippen LogP contribution in [0.15, 0.2) is 102 Å². The van der Waals surface area contributed by atoms with E-state index < -0.39 is 5.91 Å². The SMILES string of the molecule is C=C(/C=C(\N=C(/N)c1ccccc1)C(=O)Nc1ccccc1-c1nc2cccnc2s1)N(C)CCNC. The van der Waals surface area contributed by atoms with Gasteiger partial charge in [-0.25, -0.2) is 15.0 Å². The lowest BCUT2D eigenvalue weighted by molar-refractivity contribution is -0.112. The van der Waals surface area contributed by atoms with E-state index in [0.29, 0.717) is 17.9 Å². The number of aromatic nitrogens is 2. The zero-order chi connectivity index (χ0) is 26.2. The fourth-order valence-corrected chi connectivity index (χ4v) is 4.44. The monoisotopic (exact) mass is 511 g/mol. The van der Waals surface area contributed by atoms with E-state index in [1.807, 2.05) is 85.7 Å². The van der Waals surface area contributed by atoms with Crippen LogP contribution < -0.4 is 16.4 Å². The number of nitrogens with two attached hydrogens (primary N) is 1. The first-order valence-corrected chi connectivity index (χ1v) is 12.6. The van der Waals surface area contributed by atoms with Crippen LogP contribution in [0, 0.1) is 0 Å². The lowest BCUT2D eigenvalue weighted by Gasteiger charge is -2.19. The number of allylic oxidation sites excluding steroid dienone is 1. The molecule has 2 aromatic heterocycles. The Hall–Kier alpha value is -4.34. The van der Waals surface area contributed by atoms with Gasteiger partial charge in [-0.3, -0.25) is 4.79 Å². The molecule has 188 valence electrons. The molecule has 2 aromatic carbocycles. The number of benzene rings is 2. The Bertz CT molecular complexity index is 1430. The largest absolute Gasteiger partial charge is 0.383 e. The van der Waals surface area contributed by atoms with Crippen molar-refractivity contribution in [2.45, 2.75) is 0 Å². The maximum atomic E-state index is 13.6. The quantitative estimate of drug-likeness (QED) is 0.127. The van der Waals surface area contributed by atoms with E-state index in [0.717, 1.165) is 33.0 Å². The first-order chi connectivity index (χ1) is 18.0. The number of carbonyl (C=O) groups is 1. The molecule has 4 aromatic rings. The number of fused-ring (bicyclic) bond motifs is 1. The van der Waals surface area contributed by atoms with E-state index in [1.165, 1.54) is 11.3 Å². The molecule has 4 rings (SSSR count). The highest BCUT2D eigenvalue weighted by molar-refractivity contribution is 7.21. The number of nitrogens with zero attached hydrogens (tertiary/aromatic N) is 4. The lowest BCUT2D eigenvalue weighted by atomic mass is 10.1. The Morgan fingerprint density at radius 1 is 1.14 bits per heavy atom. The number of likely N-dealkylation sites (N-methyl/N-ethyl adjacent to an activating group) is 2. The molecule has 9 heteroatoms. The number of para-hydroxylation sites is 1. The number of carbonyl (C=O) groups excluding carboxylic acids is 1. The smallest absolute Gasteiger partial charge is 0.274 e. The number of hydrogen-bond donors (Lipinski definition) is 3. The molecule has 0 bridgehead atoms. The molecule has 4 N–H and O–H groups in total. The third-order valence-corrected chi connectivity index (χ3v) is 6.62. The van der Waals surface area contributed by atoms with Crippen LogP contribution in [0.25, 0.3) is 20.9 Å². The predicted molar refractivity (Wildman–Crippen MR) is 152 cm³/mol. The second kappa shape index (κ2) is 12.1. The number of amidine groups is 1. The molecular weight excluding hydrogens is 482 g/mol. The Labute approximate surface area is 220 Å². The molecular formula is C28H29N7OS. The molecule has 37 heavy (non-hydrogen) atoms. The van der Waals surface area contributed by atoms with Gasteiger partial charge in [-0.15, -0.1) is 0 Å². The molecule has 0 saturated carbocycles. The Balaban J connectivity index is 1.67. The summed E-state index contributed by atoms with van der Waals surface area (Å²) >= 11 is 1.47. The summed E-state index contributed by atoms with van der Waals surface area (Å²) in [6.07, 6.45) is 3.38. The van der Waals surface area contributed by atoms with Gasteiger partial charge in [-0.1, -0.05) is 60.4 Å². The first-order valence-electron chi connectivity index (χ1n) is 11.7. The highest BCUT2D eigenvalue weighted by Gasteiger charge is 2.17. The molecule has 0 aliphatic rings. The number of aliphatic imine (C=N–C) groups is 1. The van der Waals surface area contributed by atoms with Crippen molar-refractivity contribution in [3.05, 3.63) is 103 Å². The fraction of sp³-hybridized carbons (Fsp3) is 0.143. The first kappa shape index (κ1) is 25.7. The van der Waals surface area contributed by atoms with Crippen molar-refractivity contribution in [1.82, 2.24) is 20.2 Å². The van der Waals surface area contributed by atoms with Gasteiger partial charge in [0.2, 0.25) is 0 Å². The van der Waals surface area contributed by atoms with Crippen molar-refractivity contribution in [3.8, 4) is 10.6 Å². The summed E-state index contributed by atoms with van der Waals surface area (Å²) in [4.78, 5) is 29.9. The maximum absolute atomic E-state index is 13.6. The summed E-state index contributed by atoms with van der Waals surface area (Å²) in [5, 5.41) is 6.87. The molecule has 0 aliphatic heterocycles. The molecule has 0 atom stereocenters. The van der Waals surface area contributed by atoms with E-state index in [4.69, 9.17) is 10.7 Å². The van der Waals surface area contributed by atoms with Crippen LogP contribution in [0.2, 0.25) is 0 Å². The molecule has 2 heterocycles. The van der Waals surface area contributed by atoms with Gasteiger partial charge >= 0.3 is 0 Å². The van der Waals surface area contributed by atoms with Crippen molar-refractivity contribution in [2.75, 3.05) is 32.5 Å². The van der Waals surface area contributed by atoms with Gasteiger partial charge in [0.1, 0.15) is 26.9 Å². The minimum Gasteiger partial charge on any atom is -0.383 e. The average molecular weight is 512 g/mol. The van der Waals surface area contributed by atoms with E-state index in [2.05, 4.69) is 27.2 Å². The number of amides is 1. The number of pyridine rings is 1. The Morgan fingerprint density at radius 3 is 2.65 bits per heavy atom. The second-order valence-corrected chi connectivity index (χ2v) is 9.23. The number of hydrogen-bond acceptors (Lipinski definition) is 7. The van der Waals surface area contributed by atoms with E-state index in [1.54, 1.807) is 12.3 Å². The summed E-state index contributed by atoms with van der Waals surface area (Å²) in [5.74, 6) is -0.174. The molecule has 8 nitrogen and oxygen atoms in total. The lowest BCUT2D eigenvalue weighted by Crippen LogP contribution is -2.26. The maximum Gasteiger partial charge on any atom is 0.274 e. The van der Waals surface area contributed by atoms with Gasteiger partial charge in [0.05, 0.1) is 5.69 Å². The van der Waals surface area contributed by atoms with Gasteiger partial charge in [0.15, 0.2) is 0 Å². The van der Waals surface area contributed by atoms with Gasteiger partial charge in [0, 0.05) is 43.2 Å². The van der Waals surface area contributed by atoms with Crippen LogP contribution in [0.1, 0.15) is 5.56 Å². The van der Waals surface area contributed by atoms with Gasteiger partial charge in [-0.05, 0) is 37.4 Å². The Kier molecular flexibility index (Phi) is 8.40. The van der Waals surface area contributed by atoms with Crippen LogP contribution >= 0.6 is 11.3 Å². The van der Waals surface area contributed by atoms with Crippen LogP contribution in [-0.4, -0.2) is 53.8 Å². The zero-order valence-electron chi connectivity index (χ0n) is 20.8. The van der Waals surface area contributed by atoms with Crippen molar-refractivity contribution in [3.63, 3.8) is 0 Å². The predicted octanol–water partition coefficient (Wildman–Crippen LogP) is 4.25. The summed E-state index contributed by atoms with van der Waals surface area (Å²) < 4.78 is 0. The third kappa shape index (κ3) is 6.46. The molecule has 0 unspecified atom stereocenters. The van der Waals surface area contributed by atoms with Gasteiger partial charge in [0.25, 0.3) is 5.91 Å². The summed E-state index contributed by atoms with van der Waals surface area (Å²) in [6, 6.07) is 20.6. The highest BCUT2D eigenvalue weighted by Crippen LogP contribution is 2.33. The molecule has 0 saturated heterocycles. The number of thiazole rings is 1. The summed E-state index contributed by atoms with van der Waals surface area (Å²) in [6.45, 7) is 5.61. The zero-order valence-corrected chi connectivity index (χ0v) is 21.6. The molecule has 1 amide bonds. The molecule has 0 aliphatic carbocycles. The van der Waals surface area contributed by atoms with Gasteiger partial charge in [-0.2, -0.15) is 0 Å². The normalized spacial score (nSPS) is 11.9. The topological polar surface area (TPSA) is 109 Å². The van der Waals surface area contributed by atoms with Crippen LogP contribution in [0.5, 0.6) is 0 Å². The number of rotatable bonds is 10. The average Bonchev–Trinajstić information content (AvgIpc) is 3.36. The highest BCUT2D eigenvalue weighted by atomic mass is 32.1. The number of nitrogens with one attached hydrogen (secondary N) is 2. The standard InChI is InChI=1S/C28H29N7OS/c1-19(35(3)17-16-30-2)18-24(32-25(29)20-10-5-4-6-11-20)26(36)33-22-13-8-7-12-21(22)27-34-23-14-9-15-31-28(23)37-27/h4-15,18,30H,1,16-17H2,2-3H3,(H2,29,32)(H,33,36)/b24-18-. The second-order valence-electron chi connectivity index (χ2n) is 8.26. The van der Waals surface area contributed by atoms with Crippen LogP contribution in [0.3, 0.4) is 0 Å². The van der Waals surface area contributed by atoms with E-state index >= 15 is 0 Å². The molecule has 0 spiro atoms. The Morgan fingerprint density at radius 2 is 1.89 bits per heavy atom. The fourth-order valence-electron chi connectivity index (χ4n) is 3.49. The summed E-state index contributed by atoms with van der Waals surface area (Å²) in [5.41, 5.74) is 10.00. The molecule has 0 radical (unpaired) electrons. The van der Waals surface area contributed by atoms with Crippen molar-refractivity contribution in [2.24, 2.45) is 10.7 Å². The van der Waals surface area contributed by atoms with Crippen molar-refractivity contribution < 1.29 is 4.79 Å². The third-order valence-electron chi connectivity index (χ3n) is 5.61. The van der Waals surface area contributed by atoms with E-state index in [9.17, 15) is 4.79 Å².